The maximum Gasteiger partial charge on any atom is 0.306 e. The second-order valence-electron chi connectivity index (χ2n) is 6.46. The molecular weight excluding hydrogens is 356 g/mol. The molecule has 2 heterocycles. The molecule has 0 saturated heterocycles. The van der Waals surface area contributed by atoms with E-state index in [0.29, 0.717) is 19.4 Å². The van der Waals surface area contributed by atoms with Gasteiger partial charge in [0.2, 0.25) is 5.91 Å². The Hall–Kier alpha value is -1.73. The molecule has 7 heteroatoms. The zero-order valence-electron chi connectivity index (χ0n) is 14.2. The maximum atomic E-state index is 12.3. The van der Waals surface area contributed by atoms with Crippen molar-refractivity contribution < 1.29 is 14.7 Å². The van der Waals surface area contributed by atoms with Gasteiger partial charge < -0.3 is 10.4 Å². The first-order valence-electron chi connectivity index (χ1n) is 8.54. The largest absolute Gasteiger partial charge is 0.481 e. The molecule has 0 aliphatic heterocycles. The molecule has 2 unspecified atom stereocenters. The first-order valence-corrected chi connectivity index (χ1v) is 10.2. The average Bonchev–Trinajstić information content (AvgIpc) is 3.24. The van der Waals surface area contributed by atoms with Gasteiger partial charge >= 0.3 is 5.97 Å². The number of thiazole rings is 1. The lowest BCUT2D eigenvalue weighted by Crippen LogP contribution is -2.36. The van der Waals surface area contributed by atoms with Crippen LogP contribution in [0.25, 0.3) is 10.6 Å². The number of hydrogen-bond donors (Lipinski definition) is 2. The second-order valence-corrected chi connectivity index (χ2v) is 8.69. The van der Waals surface area contributed by atoms with E-state index >= 15 is 0 Å². The summed E-state index contributed by atoms with van der Waals surface area (Å²) in [6, 6.07) is 4.16. The zero-order valence-corrected chi connectivity index (χ0v) is 15.8. The molecule has 3 rings (SSSR count). The van der Waals surface area contributed by atoms with Crippen LogP contribution < -0.4 is 5.32 Å². The summed E-state index contributed by atoms with van der Waals surface area (Å²) in [6.07, 6.45) is 3.55. The number of nitrogens with one attached hydrogen (secondary N) is 1. The van der Waals surface area contributed by atoms with Crippen molar-refractivity contribution in [3.63, 3.8) is 0 Å². The van der Waals surface area contributed by atoms with Crippen LogP contribution in [-0.4, -0.2) is 28.5 Å². The lowest BCUT2D eigenvalue weighted by atomic mass is 9.81. The molecule has 1 aliphatic carbocycles. The molecule has 2 aromatic heterocycles. The Labute approximate surface area is 155 Å². The number of aryl methyl sites for hydroxylation is 1. The van der Waals surface area contributed by atoms with E-state index in [-0.39, 0.29) is 17.7 Å². The van der Waals surface area contributed by atoms with Crippen molar-refractivity contribution in [2.45, 2.75) is 39.0 Å². The van der Waals surface area contributed by atoms with Gasteiger partial charge in [-0.1, -0.05) is 6.42 Å². The van der Waals surface area contributed by atoms with Gasteiger partial charge in [0, 0.05) is 22.7 Å². The molecule has 5 nitrogen and oxygen atoms in total. The molecular formula is C18H22N2O3S2. The van der Waals surface area contributed by atoms with Gasteiger partial charge in [-0.3, -0.25) is 9.59 Å². The molecule has 2 aromatic rings. The maximum absolute atomic E-state index is 12.3. The monoisotopic (exact) mass is 378 g/mol. The fraction of sp³-hybridized carbons (Fsp3) is 0.500. The van der Waals surface area contributed by atoms with E-state index in [2.05, 4.69) is 27.8 Å². The SMILES string of the molecule is Cc1nc(-c2ccc(CCNC(=O)C3CCCC(C(=O)O)C3)s2)cs1. The topological polar surface area (TPSA) is 79.3 Å². The van der Waals surface area contributed by atoms with E-state index in [1.54, 1.807) is 22.7 Å². The van der Waals surface area contributed by atoms with Crippen LogP contribution in [0, 0.1) is 18.8 Å². The molecule has 0 spiro atoms. The number of carbonyl (C=O) groups excluding carboxylic acids is 1. The lowest BCUT2D eigenvalue weighted by molar-refractivity contribution is -0.144. The molecule has 1 fully saturated rings. The highest BCUT2D eigenvalue weighted by Gasteiger charge is 2.30. The number of hydrogen-bond acceptors (Lipinski definition) is 5. The summed E-state index contributed by atoms with van der Waals surface area (Å²) in [4.78, 5) is 30.3. The Bertz CT molecular complexity index is 753. The molecule has 0 radical (unpaired) electrons. The van der Waals surface area contributed by atoms with Crippen LogP contribution in [0.1, 0.15) is 35.6 Å². The molecule has 1 aliphatic rings. The number of rotatable bonds is 6. The van der Waals surface area contributed by atoms with Crippen molar-refractivity contribution >= 4 is 34.6 Å². The van der Waals surface area contributed by atoms with Gasteiger partial charge in [0.1, 0.15) is 0 Å². The van der Waals surface area contributed by atoms with E-state index in [4.69, 9.17) is 5.11 Å². The molecule has 2 atom stereocenters. The Morgan fingerprint density at radius 2 is 2.12 bits per heavy atom. The quantitative estimate of drug-likeness (QED) is 0.803. The Morgan fingerprint density at radius 1 is 1.32 bits per heavy atom. The summed E-state index contributed by atoms with van der Waals surface area (Å²) in [6.45, 7) is 2.58. The summed E-state index contributed by atoms with van der Waals surface area (Å²) >= 11 is 3.35. The van der Waals surface area contributed by atoms with Crippen LogP contribution in [0.2, 0.25) is 0 Å². The van der Waals surface area contributed by atoms with Crippen molar-refractivity contribution in [1.82, 2.24) is 10.3 Å². The normalized spacial score (nSPS) is 20.4. The van der Waals surface area contributed by atoms with E-state index in [1.807, 2.05) is 6.92 Å². The number of carboxylic acid groups (broad SMARTS) is 1. The van der Waals surface area contributed by atoms with Gasteiger partial charge in [-0.25, -0.2) is 4.98 Å². The summed E-state index contributed by atoms with van der Waals surface area (Å²) in [5.74, 6) is -1.31. The summed E-state index contributed by atoms with van der Waals surface area (Å²) < 4.78 is 0. The number of thiophene rings is 1. The third kappa shape index (κ3) is 4.67. The first-order chi connectivity index (χ1) is 12.0. The summed E-state index contributed by atoms with van der Waals surface area (Å²) in [7, 11) is 0. The van der Waals surface area contributed by atoms with Crippen molar-refractivity contribution in [1.29, 1.82) is 0 Å². The highest BCUT2D eigenvalue weighted by atomic mass is 32.1. The van der Waals surface area contributed by atoms with Crippen molar-refractivity contribution in [2.75, 3.05) is 6.54 Å². The van der Waals surface area contributed by atoms with Crippen LogP contribution in [0.4, 0.5) is 0 Å². The first kappa shape index (κ1) is 18.1. The van der Waals surface area contributed by atoms with Gasteiger partial charge in [-0.15, -0.1) is 22.7 Å². The highest BCUT2D eigenvalue weighted by molar-refractivity contribution is 7.16. The van der Waals surface area contributed by atoms with Gasteiger partial charge in [0.15, 0.2) is 0 Å². The second kappa shape index (κ2) is 8.10. The minimum atomic E-state index is -0.777. The Morgan fingerprint density at radius 3 is 2.84 bits per heavy atom. The summed E-state index contributed by atoms with van der Waals surface area (Å²) in [5, 5.41) is 15.2. The predicted molar refractivity (Wildman–Crippen MR) is 100.0 cm³/mol. The number of carbonyl (C=O) groups is 2. The van der Waals surface area contributed by atoms with Crippen molar-refractivity contribution in [2.24, 2.45) is 11.8 Å². The van der Waals surface area contributed by atoms with E-state index in [0.717, 1.165) is 34.8 Å². The highest BCUT2D eigenvalue weighted by Crippen LogP contribution is 2.30. The Kier molecular flexibility index (Phi) is 5.86. The van der Waals surface area contributed by atoms with E-state index < -0.39 is 5.97 Å². The molecule has 2 N–H and O–H groups in total. The third-order valence-electron chi connectivity index (χ3n) is 4.60. The number of nitrogens with zero attached hydrogens (tertiary/aromatic N) is 1. The Balaban J connectivity index is 1.47. The lowest BCUT2D eigenvalue weighted by Gasteiger charge is -2.25. The standard InChI is InChI=1S/C18H22N2O3S2/c1-11-20-15(10-24-11)16-6-5-14(25-16)7-8-19-17(21)12-3-2-4-13(9-12)18(22)23/h5-6,10,12-13H,2-4,7-9H2,1H3,(H,19,21)(H,22,23). The molecule has 1 amide bonds. The minimum Gasteiger partial charge on any atom is -0.481 e. The van der Waals surface area contributed by atoms with Crippen LogP contribution in [0.15, 0.2) is 17.5 Å². The molecule has 134 valence electrons. The van der Waals surface area contributed by atoms with E-state index in [9.17, 15) is 9.59 Å². The summed E-state index contributed by atoms with van der Waals surface area (Å²) in [5.41, 5.74) is 1.02. The van der Waals surface area contributed by atoms with Gasteiger partial charge in [-0.2, -0.15) is 0 Å². The van der Waals surface area contributed by atoms with Crippen LogP contribution in [0.3, 0.4) is 0 Å². The average molecular weight is 379 g/mol. The van der Waals surface area contributed by atoms with Gasteiger partial charge in [0.25, 0.3) is 0 Å². The number of amides is 1. The predicted octanol–water partition coefficient (Wildman–Crippen LogP) is 3.73. The number of aromatic nitrogens is 1. The molecule has 0 bridgehead atoms. The van der Waals surface area contributed by atoms with Crippen LogP contribution in [0.5, 0.6) is 0 Å². The van der Waals surface area contributed by atoms with Gasteiger partial charge in [0.05, 0.1) is 21.5 Å². The zero-order chi connectivity index (χ0) is 17.8. The van der Waals surface area contributed by atoms with Crippen LogP contribution in [-0.2, 0) is 16.0 Å². The van der Waals surface area contributed by atoms with Crippen LogP contribution >= 0.6 is 22.7 Å². The fourth-order valence-electron chi connectivity index (χ4n) is 3.23. The number of aliphatic carboxylic acids is 1. The number of carboxylic acids is 1. The third-order valence-corrected chi connectivity index (χ3v) is 6.54. The van der Waals surface area contributed by atoms with Crippen molar-refractivity contribution in [3.05, 3.63) is 27.4 Å². The fourth-order valence-corrected chi connectivity index (χ4v) is 4.89. The van der Waals surface area contributed by atoms with E-state index in [1.165, 1.54) is 4.88 Å². The molecule has 25 heavy (non-hydrogen) atoms. The molecule has 0 aromatic carbocycles. The molecule has 1 saturated carbocycles. The smallest absolute Gasteiger partial charge is 0.306 e. The minimum absolute atomic E-state index is 0.00199. The van der Waals surface area contributed by atoms with Gasteiger partial charge in [-0.05, 0) is 44.7 Å². The van der Waals surface area contributed by atoms with Crippen molar-refractivity contribution in [3.8, 4) is 10.6 Å².